The van der Waals surface area contributed by atoms with Gasteiger partial charge in [0.25, 0.3) is 5.91 Å². The number of hydrazone groups is 1. The quantitative estimate of drug-likeness (QED) is 0.306. The number of nitrogens with one attached hydrogen (secondary N) is 2. The highest BCUT2D eigenvalue weighted by atomic mass is 35.5. The molecule has 3 aromatic rings. The summed E-state index contributed by atoms with van der Waals surface area (Å²) < 4.78 is 0. The van der Waals surface area contributed by atoms with Crippen LogP contribution in [-0.2, 0) is 10.2 Å². The maximum absolute atomic E-state index is 12.6. The second-order valence-electron chi connectivity index (χ2n) is 10.0. The first-order chi connectivity index (χ1) is 16.6. The van der Waals surface area contributed by atoms with E-state index < -0.39 is 0 Å². The number of hydrogen-bond donors (Lipinski definition) is 2. The summed E-state index contributed by atoms with van der Waals surface area (Å²) in [4.78, 5) is 25.0. The van der Waals surface area contributed by atoms with E-state index in [1.165, 1.54) is 11.1 Å². The molecular weight excluding hydrogens is 458 g/mol. The Balaban J connectivity index is 1.30. The maximum Gasteiger partial charge on any atom is 0.255 e. The zero-order valence-corrected chi connectivity index (χ0v) is 21.2. The van der Waals surface area contributed by atoms with Gasteiger partial charge in [-0.1, -0.05) is 68.8 Å². The van der Waals surface area contributed by atoms with Crippen molar-refractivity contribution >= 4 is 34.8 Å². The lowest BCUT2D eigenvalue weighted by Crippen LogP contribution is -2.21. The summed E-state index contributed by atoms with van der Waals surface area (Å²) in [6.45, 7) is 8.43. The van der Waals surface area contributed by atoms with E-state index in [1.54, 1.807) is 24.3 Å². The number of hydrogen-bond acceptors (Lipinski definition) is 3. The molecule has 1 saturated carbocycles. The van der Waals surface area contributed by atoms with Crippen LogP contribution in [0.15, 0.2) is 77.9 Å². The van der Waals surface area contributed by atoms with Crippen LogP contribution >= 0.6 is 11.6 Å². The van der Waals surface area contributed by atoms with E-state index in [0.29, 0.717) is 22.0 Å². The molecule has 1 fully saturated rings. The largest absolute Gasteiger partial charge is 0.322 e. The van der Waals surface area contributed by atoms with Crippen LogP contribution in [0.5, 0.6) is 0 Å². The monoisotopic (exact) mass is 487 g/mol. The van der Waals surface area contributed by atoms with Crippen LogP contribution in [-0.4, -0.2) is 17.5 Å². The maximum atomic E-state index is 12.6. The van der Waals surface area contributed by atoms with E-state index in [0.717, 1.165) is 12.0 Å². The molecule has 0 spiro atoms. The number of carbonyl (C=O) groups excluding carboxylic acids is 2. The van der Waals surface area contributed by atoms with Gasteiger partial charge in [-0.25, -0.2) is 5.43 Å². The van der Waals surface area contributed by atoms with Crippen molar-refractivity contribution in [2.24, 2.45) is 11.0 Å². The average Bonchev–Trinajstić information content (AvgIpc) is 3.64. The predicted octanol–water partition coefficient (Wildman–Crippen LogP) is 6.53. The van der Waals surface area contributed by atoms with Crippen molar-refractivity contribution in [2.45, 2.75) is 45.4 Å². The third-order valence-corrected chi connectivity index (χ3v) is 6.58. The van der Waals surface area contributed by atoms with Gasteiger partial charge in [-0.05, 0) is 77.8 Å². The Labute approximate surface area is 211 Å². The van der Waals surface area contributed by atoms with Gasteiger partial charge < -0.3 is 5.32 Å². The summed E-state index contributed by atoms with van der Waals surface area (Å²) in [5.41, 5.74) is 8.09. The second-order valence-corrected chi connectivity index (χ2v) is 10.5. The number of nitrogens with zero attached hydrogens (tertiary/aromatic N) is 1. The van der Waals surface area contributed by atoms with Crippen molar-refractivity contribution in [1.29, 1.82) is 0 Å². The Morgan fingerprint density at radius 2 is 1.49 bits per heavy atom. The van der Waals surface area contributed by atoms with Crippen LogP contribution in [0.3, 0.4) is 0 Å². The Hall–Kier alpha value is -3.44. The highest BCUT2D eigenvalue weighted by Gasteiger charge is 2.44. The van der Waals surface area contributed by atoms with Crippen molar-refractivity contribution in [3.8, 4) is 0 Å². The Morgan fingerprint density at radius 3 is 2.09 bits per heavy atom. The third kappa shape index (κ3) is 6.17. The molecule has 6 heteroatoms. The summed E-state index contributed by atoms with van der Waals surface area (Å²) in [5.74, 6) is -0.0549. The standard InChI is InChI=1S/C29H30ClN3O2/c1-18(19-9-15-24(16-10-19)31-27(34)21-7-13-23(30)14-8-21)32-33-28(35)26-17-25(26)20-5-11-22(12-6-20)29(2,3)4/h5-16,25-26H,17H2,1-4H3,(H,31,34)(H,33,35)/b32-18+/t25-,26-/m0/s1. The number of rotatable bonds is 6. The van der Waals surface area contributed by atoms with Crippen LogP contribution < -0.4 is 10.7 Å². The molecule has 5 nitrogen and oxygen atoms in total. The Bertz CT molecular complexity index is 1240. The average molecular weight is 488 g/mol. The van der Waals surface area contributed by atoms with E-state index in [4.69, 9.17) is 11.6 Å². The van der Waals surface area contributed by atoms with E-state index >= 15 is 0 Å². The fourth-order valence-electron chi connectivity index (χ4n) is 3.97. The molecule has 1 aliphatic rings. The van der Waals surface area contributed by atoms with Crippen molar-refractivity contribution in [2.75, 3.05) is 5.32 Å². The van der Waals surface area contributed by atoms with Crippen LogP contribution in [0.2, 0.25) is 5.02 Å². The molecule has 0 heterocycles. The molecule has 35 heavy (non-hydrogen) atoms. The number of halogens is 1. The van der Waals surface area contributed by atoms with Gasteiger partial charge in [0, 0.05) is 22.2 Å². The number of carbonyl (C=O) groups is 2. The van der Waals surface area contributed by atoms with Crippen molar-refractivity contribution < 1.29 is 9.59 Å². The first kappa shape index (κ1) is 24.7. The molecule has 2 atom stereocenters. The highest BCUT2D eigenvalue weighted by Crippen LogP contribution is 2.47. The molecule has 0 aromatic heterocycles. The van der Waals surface area contributed by atoms with Gasteiger partial charge >= 0.3 is 0 Å². The fourth-order valence-corrected chi connectivity index (χ4v) is 4.10. The molecule has 0 unspecified atom stereocenters. The smallest absolute Gasteiger partial charge is 0.255 e. The van der Waals surface area contributed by atoms with Crippen molar-refractivity contribution in [3.63, 3.8) is 0 Å². The summed E-state index contributed by atoms with van der Waals surface area (Å²) in [6.07, 6.45) is 0.845. The van der Waals surface area contributed by atoms with Gasteiger partial charge in [-0.3, -0.25) is 9.59 Å². The molecule has 180 valence electrons. The molecular formula is C29H30ClN3O2. The molecule has 0 bridgehead atoms. The van der Waals surface area contributed by atoms with Crippen LogP contribution in [0.25, 0.3) is 0 Å². The molecule has 1 aliphatic carbocycles. The van der Waals surface area contributed by atoms with Gasteiger partial charge in [0.05, 0.1) is 5.71 Å². The fraction of sp³-hybridized carbons (Fsp3) is 0.276. The molecule has 2 amide bonds. The van der Waals surface area contributed by atoms with Crippen LogP contribution in [0.1, 0.15) is 67.1 Å². The molecule has 0 radical (unpaired) electrons. The van der Waals surface area contributed by atoms with Gasteiger partial charge in [-0.15, -0.1) is 0 Å². The molecule has 2 N–H and O–H groups in total. The lowest BCUT2D eigenvalue weighted by Gasteiger charge is -2.19. The van der Waals surface area contributed by atoms with E-state index in [9.17, 15) is 9.59 Å². The molecule has 0 aliphatic heterocycles. The molecule has 4 rings (SSSR count). The lowest BCUT2D eigenvalue weighted by atomic mass is 9.86. The van der Waals surface area contributed by atoms with E-state index in [1.807, 2.05) is 31.2 Å². The first-order valence-corrected chi connectivity index (χ1v) is 12.1. The summed E-state index contributed by atoms with van der Waals surface area (Å²) in [6, 6.07) is 22.6. The molecule has 0 saturated heterocycles. The van der Waals surface area contributed by atoms with Crippen LogP contribution in [0, 0.1) is 5.92 Å². The van der Waals surface area contributed by atoms with Gasteiger partial charge in [-0.2, -0.15) is 5.10 Å². The zero-order chi connectivity index (χ0) is 25.2. The minimum Gasteiger partial charge on any atom is -0.322 e. The van der Waals surface area contributed by atoms with Crippen molar-refractivity contribution in [3.05, 3.63) is 100 Å². The minimum absolute atomic E-state index is 0.0440. The highest BCUT2D eigenvalue weighted by molar-refractivity contribution is 6.30. The van der Waals surface area contributed by atoms with Gasteiger partial charge in [0.1, 0.15) is 0 Å². The minimum atomic E-state index is -0.209. The van der Waals surface area contributed by atoms with Crippen molar-refractivity contribution in [1.82, 2.24) is 5.43 Å². The van der Waals surface area contributed by atoms with Gasteiger partial charge in [0.2, 0.25) is 5.91 Å². The van der Waals surface area contributed by atoms with Gasteiger partial charge in [0.15, 0.2) is 0 Å². The summed E-state index contributed by atoms with van der Waals surface area (Å²) in [7, 11) is 0. The Kier molecular flexibility index (Phi) is 7.08. The normalized spacial score (nSPS) is 17.6. The lowest BCUT2D eigenvalue weighted by molar-refractivity contribution is -0.122. The predicted molar refractivity (Wildman–Crippen MR) is 142 cm³/mol. The SMILES string of the molecule is C/C(=N\NC(=O)[C@H]1C[C@H]1c1ccc(C(C)(C)C)cc1)c1ccc(NC(=O)c2ccc(Cl)cc2)cc1. The molecule has 3 aromatic carbocycles. The first-order valence-electron chi connectivity index (χ1n) is 11.7. The summed E-state index contributed by atoms with van der Waals surface area (Å²) in [5, 5.41) is 7.73. The topological polar surface area (TPSA) is 70.6 Å². The second kappa shape index (κ2) is 10.0. The number of benzene rings is 3. The number of anilines is 1. The zero-order valence-electron chi connectivity index (χ0n) is 20.4. The van der Waals surface area contributed by atoms with Crippen LogP contribution in [0.4, 0.5) is 5.69 Å². The summed E-state index contributed by atoms with van der Waals surface area (Å²) >= 11 is 5.87. The third-order valence-electron chi connectivity index (χ3n) is 6.33. The van der Waals surface area contributed by atoms with E-state index in [-0.39, 0.29) is 29.1 Å². The Morgan fingerprint density at radius 1 is 0.886 bits per heavy atom. The number of amides is 2. The van der Waals surface area contributed by atoms with E-state index in [2.05, 4.69) is 60.9 Å².